The zero-order valence-electron chi connectivity index (χ0n) is 11.3. The Hall–Kier alpha value is -3.28. The van der Waals surface area contributed by atoms with Crippen molar-refractivity contribution in [2.24, 2.45) is 4.99 Å². The van der Waals surface area contributed by atoms with Crippen molar-refractivity contribution in [3.8, 4) is 0 Å². The molecule has 2 aromatic rings. The van der Waals surface area contributed by atoms with Crippen LogP contribution < -0.4 is 0 Å². The third-order valence-corrected chi connectivity index (χ3v) is 3.04. The van der Waals surface area contributed by atoms with Gasteiger partial charge in [0.25, 0.3) is 5.69 Å². The summed E-state index contributed by atoms with van der Waals surface area (Å²) in [6.45, 7) is 0. The zero-order chi connectivity index (χ0) is 15.5. The molecule has 3 rings (SSSR count). The molecule has 1 aliphatic heterocycles. The third-order valence-electron chi connectivity index (χ3n) is 3.04. The molecule has 0 fully saturated rings. The van der Waals surface area contributed by atoms with E-state index in [9.17, 15) is 14.9 Å². The molecule has 1 aliphatic rings. The molecule has 1 amide bonds. The number of non-ortho nitro benzene ring substituents is 1. The smallest absolute Gasteiger partial charge is 0.316 e. The number of amides is 1. The van der Waals surface area contributed by atoms with Gasteiger partial charge in [-0.1, -0.05) is 18.2 Å². The molecule has 1 heterocycles. The first-order valence-electron chi connectivity index (χ1n) is 6.46. The fraction of sp³-hybridized carbons (Fsp3) is 0. The fourth-order valence-corrected chi connectivity index (χ4v) is 1.96. The molecule has 0 N–H and O–H groups in total. The van der Waals surface area contributed by atoms with Crippen LogP contribution in [0.15, 0.2) is 65.3 Å². The van der Waals surface area contributed by atoms with Gasteiger partial charge in [0.15, 0.2) is 5.76 Å². The highest BCUT2D eigenvalue weighted by molar-refractivity contribution is 6.14. The number of hydrogen-bond donors (Lipinski definition) is 0. The highest BCUT2D eigenvalue weighted by atomic mass is 16.6. The maximum atomic E-state index is 11.8. The number of benzene rings is 2. The zero-order valence-corrected chi connectivity index (χ0v) is 11.3. The van der Waals surface area contributed by atoms with Gasteiger partial charge >= 0.3 is 5.91 Å². The molecule has 22 heavy (non-hydrogen) atoms. The third kappa shape index (κ3) is 2.76. The predicted molar refractivity (Wildman–Crippen MR) is 80.1 cm³/mol. The molecule has 6 heteroatoms. The summed E-state index contributed by atoms with van der Waals surface area (Å²) in [5, 5.41) is 10.6. The van der Waals surface area contributed by atoms with E-state index in [4.69, 9.17) is 4.74 Å². The average molecular weight is 294 g/mol. The Kier molecular flexibility index (Phi) is 3.49. The molecule has 6 nitrogen and oxygen atoms in total. The Bertz CT molecular complexity index is 793. The lowest BCUT2D eigenvalue weighted by Gasteiger charge is -2.01. The summed E-state index contributed by atoms with van der Waals surface area (Å²) >= 11 is 0. The number of aliphatic imine (C=N–C) groups is 1. The van der Waals surface area contributed by atoms with E-state index in [-0.39, 0.29) is 17.3 Å². The lowest BCUT2D eigenvalue weighted by atomic mass is 10.2. The molecular formula is C16H10N2O4. The van der Waals surface area contributed by atoms with Crippen LogP contribution >= 0.6 is 0 Å². The standard InChI is InChI=1S/C16H10N2O4/c19-15-14(10-11-6-8-13(9-7-11)18(20)21)22-16(17-15)12-4-2-1-3-5-12/h1-10H/b14-10-. The number of ether oxygens (including phenoxy) is 1. The van der Waals surface area contributed by atoms with Gasteiger partial charge in [0.05, 0.1) is 4.92 Å². The Labute approximate surface area is 125 Å². The summed E-state index contributed by atoms with van der Waals surface area (Å²) < 4.78 is 5.47. The molecule has 2 aromatic carbocycles. The Morgan fingerprint density at radius 3 is 2.36 bits per heavy atom. The number of nitrogens with zero attached hydrogens (tertiary/aromatic N) is 2. The number of hydrogen-bond acceptors (Lipinski definition) is 4. The second-order valence-electron chi connectivity index (χ2n) is 4.55. The van der Waals surface area contributed by atoms with Gasteiger partial charge in [-0.25, -0.2) is 0 Å². The molecule has 0 bridgehead atoms. The van der Waals surface area contributed by atoms with Crippen LogP contribution in [0.4, 0.5) is 5.69 Å². The molecule has 0 spiro atoms. The van der Waals surface area contributed by atoms with Gasteiger partial charge in [-0.05, 0) is 35.9 Å². The molecule has 0 unspecified atom stereocenters. The summed E-state index contributed by atoms with van der Waals surface area (Å²) in [7, 11) is 0. The summed E-state index contributed by atoms with van der Waals surface area (Å²) in [5.41, 5.74) is 1.32. The van der Waals surface area contributed by atoms with Crippen LogP contribution in [-0.2, 0) is 9.53 Å². The van der Waals surface area contributed by atoms with Gasteiger partial charge < -0.3 is 4.74 Å². The lowest BCUT2D eigenvalue weighted by Crippen LogP contribution is -2.00. The maximum absolute atomic E-state index is 11.8. The van der Waals surface area contributed by atoms with E-state index in [1.165, 1.54) is 18.2 Å². The molecular weight excluding hydrogens is 284 g/mol. The van der Waals surface area contributed by atoms with Crippen molar-refractivity contribution in [3.63, 3.8) is 0 Å². The van der Waals surface area contributed by atoms with Crippen molar-refractivity contribution < 1.29 is 14.5 Å². The van der Waals surface area contributed by atoms with Crippen LogP contribution in [0.5, 0.6) is 0 Å². The van der Waals surface area contributed by atoms with Crippen LogP contribution in [0.3, 0.4) is 0 Å². The van der Waals surface area contributed by atoms with Crippen molar-refractivity contribution in [2.45, 2.75) is 0 Å². The van der Waals surface area contributed by atoms with E-state index < -0.39 is 10.8 Å². The van der Waals surface area contributed by atoms with Gasteiger partial charge in [-0.2, -0.15) is 4.99 Å². The number of rotatable bonds is 3. The first kappa shape index (κ1) is 13.7. The van der Waals surface area contributed by atoms with Crippen molar-refractivity contribution in [2.75, 3.05) is 0 Å². The first-order chi connectivity index (χ1) is 10.6. The minimum absolute atomic E-state index is 0.0120. The molecule has 0 aromatic heterocycles. The van der Waals surface area contributed by atoms with Crippen molar-refractivity contribution in [1.82, 2.24) is 0 Å². The van der Waals surface area contributed by atoms with Crippen LogP contribution in [0, 0.1) is 10.1 Å². The average Bonchev–Trinajstić information content (AvgIpc) is 2.90. The topological polar surface area (TPSA) is 81.8 Å². The van der Waals surface area contributed by atoms with Crippen molar-refractivity contribution >= 4 is 23.6 Å². The van der Waals surface area contributed by atoms with Crippen molar-refractivity contribution in [3.05, 3.63) is 81.6 Å². The van der Waals surface area contributed by atoms with E-state index in [1.807, 2.05) is 18.2 Å². The summed E-state index contributed by atoms with van der Waals surface area (Å²) in [6, 6.07) is 14.9. The molecule has 0 saturated heterocycles. The SMILES string of the molecule is O=C1N=C(c2ccccc2)O/C1=C\c1ccc([N+](=O)[O-])cc1. The van der Waals surface area contributed by atoms with Gasteiger partial charge in [0.1, 0.15) is 0 Å². The van der Waals surface area contributed by atoms with Gasteiger partial charge in [-0.15, -0.1) is 0 Å². The number of nitro benzene ring substituents is 1. The second-order valence-corrected chi connectivity index (χ2v) is 4.55. The van der Waals surface area contributed by atoms with E-state index in [0.717, 1.165) is 0 Å². The van der Waals surface area contributed by atoms with Gasteiger partial charge in [-0.3, -0.25) is 14.9 Å². The number of nitro groups is 1. The van der Waals surface area contributed by atoms with Gasteiger partial charge in [0.2, 0.25) is 5.90 Å². The lowest BCUT2D eigenvalue weighted by molar-refractivity contribution is -0.384. The largest absolute Gasteiger partial charge is 0.432 e. The molecule has 0 atom stereocenters. The summed E-state index contributed by atoms with van der Waals surface area (Å²) in [6.07, 6.45) is 1.51. The van der Waals surface area contributed by atoms with Crippen molar-refractivity contribution in [1.29, 1.82) is 0 Å². The van der Waals surface area contributed by atoms with E-state index >= 15 is 0 Å². The highest BCUT2D eigenvalue weighted by Crippen LogP contribution is 2.20. The Morgan fingerprint density at radius 2 is 1.73 bits per heavy atom. The Balaban J connectivity index is 1.82. The maximum Gasteiger partial charge on any atom is 0.316 e. The van der Waals surface area contributed by atoms with E-state index in [1.54, 1.807) is 24.3 Å². The minimum atomic E-state index is -0.481. The summed E-state index contributed by atoms with van der Waals surface area (Å²) in [5.74, 6) is -0.135. The monoisotopic (exact) mass is 294 g/mol. The number of carbonyl (C=O) groups excluding carboxylic acids is 1. The first-order valence-corrected chi connectivity index (χ1v) is 6.46. The second kappa shape index (κ2) is 5.61. The van der Waals surface area contributed by atoms with Crippen LogP contribution in [0.1, 0.15) is 11.1 Å². The predicted octanol–water partition coefficient (Wildman–Crippen LogP) is 2.94. The minimum Gasteiger partial charge on any atom is -0.432 e. The van der Waals surface area contributed by atoms with Crippen LogP contribution in [0.2, 0.25) is 0 Å². The quantitative estimate of drug-likeness (QED) is 0.495. The van der Waals surface area contributed by atoms with Gasteiger partial charge in [0, 0.05) is 17.7 Å². The molecule has 0 aliphatic carbocycles. The van der Waals surface area contributed by atoms with E-state index in [0.29, 0.717) is 11.1 Å². The highest BCUT2D eigenvalue weighted by Gasteiger charge is 2.23. The Morgan fingerprint density at radius 1 is 1.05 bits per heavy atom. The normalized spacial score (nSPS) is 15.5. The molecule has 108 valence electrons. The summed E-state index contributed by atoms with van der Waals surface area (Å²) in [4.78, 5) is 25.8. The van der Waals surface area contributed by atoms with Crippen LogP contribution in [0.25, 0.3) is 6.08 Å². The van der Waals surface area contributed by atoms with E-state index in [2.05, 4.69) is 4.99 Å². The van der Waals surface area contributed by atoms with Crippen LogP contribution in [-0.4, -0.2) is 16.7 Å². The number of carbonyl (C=O) groups is 1. The molecule has 0 radical (unpaired) electrons. The fourth-order valence-electron chi connectivity index (χ4n) is 1.96. The molecule has 0 saturated carbocycles.